The highest BCUT2D eigenvalue weighted by atomic mass is 32.2. The van der Waals surface area contributed by atoms with Gasteiger partial charge in [-0.3, -0.25) is 4.79 Å². The summed E-state index contributed by atoms with van der Waals surface area (Å²) < 4.78 is 5.01. The number of anilines is 1. The first-order valence-electron chi connectivity index (χ1n) is 10.3. The van der Waals surface area contributed by atoms with E-state index in [0.29, 0.717) is 17.9 Å². The molecule has 0 aliphatic rings. The third-order valence-corrected chi connectivity index (χ3v) is 6.01. The molecular weight excluding hydrogens is 420 g/mol. The second-order valence-corrected chi connectivity index (χ2v) is 8.16. The van der Waals surface area contributed by atoms with E-state index >= 15 is 0 Å². The number of benzene rings is 3. The Labute approximate surface area is 190 Å². The highest BCUT2D eigenvalue weighted by Crippen LogP contribution is 2.36. The highest BCUT2D eigenvalue weighted by molar-refractivity contribution is 8.00. The van der Waals surface area contributed by atoms with Crippen LogP contribution in [0, 0.1) is 0 Å². The van der Waals surface area contributed by atoms with E-state index in [1.165, 1.54) is 11.8 Å². The molecule has 0 aliphatic heterocycles. The fourth-order valence-electron chi connectivity index (χ4n) is 3.25. The lowest BCUT2D eigenvalue weighted by atomic mass is 10.1. The van der Waals surface area contributed by atoms with Crippen LogP contribution >= 0.6 is 11.8 Å². The Bertz CT molecular complexity index is 1230. The lowest BCUT2D eigenvalue weighted by Crippen LogP contribution is -2.19. The van der Waals surface area contributed by atoms with Crippen molar-refractivity contribution in [2.24, 2.45) is 0 Å². The van der Waals surface area contributed by atoms with Crippen LogP contribution in [-0.2, 0) is 9.53 Å². The van der Waals surface area contributed by atoms with Crippen molar-refractivity contribution in [3.63, 3.8) is 0 Å². The Hall–Kier alpha value is -3.64. The molecule has 0 saturated heterocycles. The quantitative estimate of drug-likeness (QED) is 0.286. The van der Waals surface area contributed by atoms with Crippen LogP contribution in [0.4, 0.5) is 5.69 Å². The Morgan fingerprint density at radius 3 is 2.38 bits per heavy atom. The molecule has 0 bridgehead atoms. The van der Waals surface area contributed by atoms with E-state index < -0.39 is 5.25 Å². The summed E-state index contributed by atoms with van der Waals surface area (Å²) in [5.74, 6) is -0.550. The molecule has 3 aromatic carbocycles. The molecule has 0 unspecified atom stereocenters. The van der Waals surface area contributed by atoms with Crippen molar-refractivity contribution in [2.45, 2.75) is 17.2 Å². The number of nitrogens with zero attached hydrogens (tertiary/aromatic N) is 1. The first-order valence-corrected chi connectivity index (χ1v) is 11.2. The minimum Gasteiger partial charge on any atom is -0.462 e. The van der Waals surface area contributed by atoms with Crippen LogP contribution in [0.1, 0.15) is 28.1 Å². The minimum atomic E-state index is -0.491. The topological polar surface area (TPSA) is 68.3 Å². The maximum Gasteiger partial charge on any atom is 0.338 e. The number of ether oxygens (including phenoxy) is 1. The number of carbonyl (C=O) groups excluding carboxylic acids is 2. The highest BCUT2D eigenvalue weighted by Gasteiger charge is 2.23. The number of aromatic nitrogens is 1. The number of amides is 1. The molecule has 1 heterocycles. The van der Waals surface area contributed by atoms with Gasteiger partial charge in [0, 0.05) is 11.1 Å². The lowest BCUT2D eigenvalue weighted by molar-refractivity contribution is -0.115. The van der Waals surface area contributed by atoms with E-state index in [2.05, 4.69) is 5.32 Å². The van der Waals surface area contributed by atoms with Gasteiger partial charge in [-0.2, -0.15) is 0 Å². The number of rotatable bonds is 7. The fraction of sp³-hybridized carbons (Fsp3) is 0.115. The Balaban J connectivity index is 1.56. The van der Waals surface area contributed by atoms with E-state index in [1.54, 1.807) is 31.2 Å². The van der Waals surface area contributed by atoms with Gasteiger partial charge in [-0.25, -0.2) is 9.78 Å². The zero-order chi connectivity index (χ0) is 22.3. The third kappa shape index (κ3) is 5.15. The first kappa shape index (κ1) is 21.6. The van der Waals surface area contributed by atoms with Crippen LogP contribution < -0.4 is 5.32 Å². The lowest BCUT2D eigenvalue weighted by Gasteiger charge is -2.17. The summed E-state index contributed by atoms with van der Waals surface area (Å²) in [6, 6.07) is 28.1. The number of thioether (sulfide) groups is 1. The van der Waals surface area contributed by atoms with E-state index in [9.17, 15) is 9.59 Å². The van der Waals surface area contributed by atoms with Crippen molar-refractivity contribution in [3.8, 4) is 0 Å². The number of para-hydroxylation sites is 1. The van der Waals surface area contributed by atoms with Gasteiger partial charge in [0.2, 0.25) is 5.91 Å². The van der Waals surface area contributed by atoms with Crippen molar-refractivity contribution in [1.29, 1.82) is 0 Å². The summed E-state index contributed by atoms with van der Waals surface area (Å²) in [7, 11) is 0. The van der Waals surface area contributed by atoms with Gasteiger partial charge < -0.3 is 10.1 Å². The van der Waals surface area contributed by atoms with Gasteiger partial charge in [0.15, 0.2) is 0 Å². The second kappa shape index (κ2) is 10.1. The number of esters is 1. The zero-order valence-electron chi connectivity index (χ0n) is 17.5. The van der Waals surface area contributed by atoms with E-state index in [4.69, 9.17) is 9.72 Å². The Morgan fingerprint density at radius 1 is 0.906 bits per heavy atom. The van der Waals surface area contributed by atoms with Crippen LogP contribution in [0.5, 0.6) is 0 Å². The minimum absolute atomic E-state index is 0.167. The average Bonchev–Trinajstić information content (AvgIpc) is 2.83. The van der Waals surface area contributed by atoms with Gasteiger partial charge in [0.25, 0.3) is 0 Å². The van der Waals surface area contributed by atoms with E-state index in [0.717, 1.165) is 21.5 Å². The smallest absolute Gasteiger partial charge is 0.338 e. The summed E-state index contributed by atoms with van der Waals surface area (Å²) in [5.41, 5.74) is 2.82. The normalized spacial score (nSPS) is 11.7. The van der Waals surface area contributed by atoms with Crippen molar-refractivity contribution in [2.75, 3.05) is 11.9 Å². The fourth-order valence-corrected chi connectivity index (χ4v) is 4.24. The van der Waals surface area contributed by atoms with Gasteiger partial charge in [-0.1, -0.05) is 66.4 Å². The van der Waals surface area contributed by atoms with Gasteiger partial charge in [-0.05, 0) is 48.9 Å². The summed E-state index contributed by atoms with van der Waals surface area (Å²) in [4.78, 5) is 29.8. The summed E-state index contributed by atoms with van der Waals surface area (Å²) in [6.45, 7) is 2.08. The molecule has 0 saturated carbocycles. The van der Waals surface area contributed by atoms with Gasteiger partial charge in [0.05, 0.1) is 22.7 Å². The molecule has 32 heavy (non-hydrogen) atoms. The molecular formula is C26H22N2O3S. The molecule has 0 fully saturated rings. The van der Waals surface area contributed by atoms with Crippen molar-refractivity contribution in [3.05, 3.63) is 102 Å². The van der Waals surface area contributed by atoms with Gasteiger partial charge in [0.1, 0.15) is 5.25 Å². The first-order chi connectivity index (χ1) is 15.6. The van der Waals surface area contributed by atoms with Crippen molar-refractivity contribution >= 4 is 40.2 Å². The predicted molar refractivity (Wildman–Crippen MR) is 128 cm³/mol. The molecule has 4 aromatic rings. The Morgan fingerprint density at radius 2 is 1.62 bits per heavy atom. The molecule has 6 heteroatoms. The number of pyridine rings is 1. The third-order valence-electron chi connectivity index (χ3n) is 4.82. The van der Waals surface area contributed by atoms with Crippen LogP contribution in [0.2, 0.25) is 0 Å². The number of hydrogen-bond donors (Lipinski definition) is 1. The second-order valence-electron chi connectivity index (χ2n) is 7.04. The van der Waals surface area contributed by atoms with Crippen molar-refractivity contribution in [1.82, 2.24) is 4.98 Å². The van der Waals surface area contributed by atoms with Crippen LogP contribution in [0.3, 0.4) is 0 Å². The molecule has 0 radical (unpaired) electrons. The monoisotopic (exact) mass is 442 g/mol. The maximum absolute atomic E-state index is 13.3. The molecule has 1 aromatic heterocycles. The number of nitrogens with one attached hydrogen (secondary N) is 1. The van der Waals surface area contributed by atoms with Crippen LogP contribution in [-0.4, -0.2) is 23.5 Å². The molecule has 5 nitrogen and oxygen atoms in total. The summed E-state index contributed by atoms with van der Waals surface area (Å²) in [6.07, 6.45) is 0. The SMILES string of the molecule is CCOC(=O)c1ccc(NC(=O)[C@H](Sc2ccc3ccccc3n2)c2ccccc2)cc1. The molecule has 0 spiro atoms. The molecule has 1 amide bonds. The summed E-state index contributed by atoms with van der Waals surface area (Å²) >= 11 is 1.40. The Kier molecular flexibility index (Phi) is 6.82. The van der Waals surface area contributed by atoms with Crippen molar-refractivity contribution < 1.29 is 14.3 Å². The average molecular weight is 443 g/mol. The molecule has 4 rings (SSSR count). The molecule has 1 atom stereocenters. The maximum atomic E-state index is 13.3. The molecule has 0 aliphatic carbocycles. The van der Waals surface area contributed by atoms with E-state index in [1.807, 2.05) is 66.7 Å². The predicted octanol–water partition coefficient (Wildman–Crippen LogP) is 5.88. The van der Waals surface area contributed by atoms with Crippen LogP contribution in [0.25, 0.3) is 10.9 Å². The summed E-state index contributed by atoms with van der Waals surface area (Å²) in [5, 5.41) is 4.29. The van der Waals surface area contributed by atoms with Gasteiger partial charge >= 0.3 is 5.97 Å². The molecule has 1 N–H and O–H groups in total. The van der Waals surface area contributed by atoms with Gasteiger partial charge in [-0.15, -0.1) is 0 Å². The standard InChI is InChI=1S/C26H22N2O3S/c1-2-31-26(30)20-12-15-21(16-13-20)27-25(29)24(19-9-4-3-5-10-19)32-23-17-14-18-8-6-7-11-22(18)28-23/h3-17,24H,2H2,1H3,(H,27,29)/t24-/m1/s1. The van der Waals surface area contributed by atoms with Crippen LogP contribution in [0.15, 0.2) is 96.0 Å². The van der Waals surface area contributed by atoms with E-state index in [-0.39, 0.29) is 11.9 Å². The zero-order valence-corrected chi connectivity index (χ0v) is 18.3. The number of carbonyl (C=O) groups is 2. The number of hydrogen-bond acceptors (Lipinski definition) is 5. The number of fused-ring (bicyclic) bond motifs is 1. The molecule has 160 valence electrons. The largest absolute Gasteiger partial charge is 0.462 e.